The fraction of sp³-hybridized carbons (Fsp3) is 0.400. The average molecular weight is 217 g/mol. The highest BCUT2D eigenvalue weighted by molar-refractivity contribution is 7.98. The van der Waals surface area contributed by atoms with E-state index in [9.17, 15) is 8.78 Å². The van der Waals surface area contributed by atoms with Gasteiger partial charge in [-0.3, -0.25) is 0 Å². The SMILES string of the molecule is CSCCCNc1cccc(F)c1F. The van der Waals surface area contributed by atoms with E-state index in [0.717, 1.165) is 18.2 Å². The van der Waals surface area contributed by atoms with Crippen LogP contribution in [0.25, 0.3) is 0 Å². The maximum atomic E-state index is 13.1. The molecular weight excluding hydrogens is 204 g/mol. The molecule has 4 heteroatoms. The molecule has 1 nitrogen and oxygen atoms in total. The van der Waals surface area contributed by atoms with Gasteiger partial charge in [0.2, 0.25) is 0 Å². The average Bonchev–Trinajstić information content (AvgIpc) is 2.19. The van der Waals surface area contributed by atoms with E-state index in [1.165, 1.54) is 12.1 Å². The van der Waals surface area contributed by atoms with Gasteiger partial charge in [0, 0.05) is 6.54 Å². The summed E-state index contributed by atoms with van der Waals surface area (Å²) in [5.74, 6) is -0.583. The van der Waals surface area contributed by atoms with Crippen molar-refractivity contribution < 1.29 is 8.78 Å². The van der Waals surface area contributed by atoms with Gasteiger partial charge in [-0.25, -0.2) is 8.78 Å². The van der Waals surface area contributed by atoms with Crippen LogP contribution in [0.4, 0.5) is 14.5 Å². The molecule has 0 spiro atoms. The molecule has 0 aliphatic heterocycles. The summed E-state index contributed by atoms with van der Waals surface area (Å²) in [7, 11) is 0. The molecule has 0 radical (unpaired) electrons. The number of nitrogens with one attached hydrogen (secondary N) is 1. The van der Waals surface area contributed by atoms with Crippen LogP contribution < -0.4 is 5.32 Å². The van der Waals surface area contributed by atoms with E-state index in [0.29, 0.717) is 6.54 Å². The summed E-state index contributed by atoms with van der Waals surface area (Å²) < 4.78 is 25.8. The largest absolute Gasteiger partial charge is 0.383 e. The molecule has 1 aromatic carbocycles. The molecule has 0 atom stereocenters. The van der Waals surface area contributed by atoms with Crippen molar-refractivity contribution in [3.05, 3.63) is 29.8 Å². The Hall–Kier alpha value is -0.770. The fourth-order valence-corrected chi connectivity index (χ4v) is 1.51. The first kappa shape index (κ1) is 11.3. The van der Waals surface area contributed by atoms with Crippen molar-refractivity contribution in [3.63, 3.8) is 0 Å². The molecule has 1 N–H and O–H groups in total. The summed E-state index contributed by atoms with van der Waals surface area (Å²) in [6.07, 6.45) is 2.96. The van der Waals surface area contributed by atoms with Gasteiger partial charge in [0.1, 0.15) is 0 Å². The zero-order valence-electron chi connectivity index (χ0n) is 8.02. The lowest BCUT2D eigenvalue weighted by atomic mass is 10.3. The molecule has 0 saturated heterocycles. The molecule has 0 aromatic heterocycles. The molecule has 1 rings (SSSR count). The van der Waals surface area contributed by atoms with Gasteiger partial charge in [-0.15, -0.1) is 0 Å². The van der Waals surface area contributed by atoms with Gasteiger partial charge >= 0.3 is 0 Å². The topological polar surface area (TPSA) is 12.0 Å². The second kappa shape index (κ2) is 5.86. The van der Waals surface area contributed by atoms with Gasteiger partial charge in [0.25, 0.3) is 0 Å². The first-order chi connectivity index (χ1) is 6.75. The summed E-state index contributed by atoms with van der Waals surface area (Å²) in [4.78, 5) is 0. The van der Waals surface area contributed by atoms with Crippen LogP contribution in [0.2, 0.25) is 0 Å². The Bertz CT molecular complexity index is 291. The Morgan fingerprint density at radius 3 is 2.86 bits per heavy atom. The van der Waals surface area contributed by atoms with Crippen molar-refractivity contribution in [2.24, 2.45) is 0 Å². The molecule has 0 amide bonds. The van der Waals surface area contributed by atoms with Crippen molar-refractivity contribution in [3.8, 4) is 0 Å². The van der Waals surface area contributed by atoms with Crippen LogP contribution in [-0.4, -0.2) is 18.6 Å². The van der Waals surface area contributed by atoms with E-state index in [-0.39, 0.29) is 5.69 Å². The van der Waals surface area contributed by atoms with Crippen LogP contribution in [0.15, 0.2) is 18.2 Å². The molecule has 0 heterocycles. The molecule has 0 unspecified atom stereocenters. The monoisotopic (exact) mass is 217 g/mol. The molecule has 0 saturated carbocycles. The van der Waals surface area contributed by atoms with Gasteiger partial charge in [0.15, 0.2) is 11.6 Å². The third-order valence-electron chi connectivity index (χ3n) is 1.79. The Morgan fingerprint density at radius 2 is 2.14 bits per heavy atom. The van der Waals surface area contributed by atoms with E-state index in [4.69, 9.17) is 0 Å². The predicted octanol–water partition coefficient (Wildman–Crippen LogP) is 3.13. The summed E-state index contributed by atoms with van der Waals surface area (Å²) >= 11 is 1.74. The van der Waals surface area contributed by atoms with Gasteiger partial charge in [0.05, 0.1) is 5.69 Å². The fourth-order valence-electron chi connectivity index (χ4n) is 1.08. The van der Waals surface area contributed by atoms with Crippen molar-refractivity contribution in [2.75, 3.05) is 23.9 Å². The smallest absolute Gasteiger partial charge is 0.181 e. The predicted molar refractivity (Wildman–Crippen MR) is 57.8 cm³/mol. The Balaban J connectivity index is 2.46. The highest BCUT2D eigenvalue weighted by atomic mass is 32.2. The van der Waals surface area contributed by atoms with Crippen LogP contribution in [-0.2, 0) is 0 Å². The zero-order valence-corrected chi connectivity index (χ0v) is 8.83. The highest BCUT2D eigenvalue weighted by Gasteiger charge is 2.05. The molecule has 0 aliphatic carbocycles. The van der Waals surface area contributed by atoms with Crippen LogP contribution in [0, 0.1) is 11.6 Å². The molecule has 0 bridgehead atoms. The minimum absolute atomic E-state index is 0.242. The summed E-state index contributed by atoms with van der Waals surface area (Å²) in [6.45, 7) is 0.668. The molecule has 78 valence electrons. The quantitative estimate of drug-likeness (QED) is 0.760. The first-order valence-corrected chi connectivity index (χ1v) is 5.82. The second-order valence-electron chi connectivity index (χ2n) is 2.87. The Kier molecular flexibility index (Phi) is 4.73. The second-order valence-corrected chi connectivity index (χ2v) is 3.86. The lowest BCUT2D eigenvalue weighted by Crippen LogP contribution is -2.05. The summed E-state index contributed by atoms with van der Waals surface area (Å²) in [5.41, 5.74) is 0.242. The van der Waals surface area contributed by atoms with E-state index in [2.05, 4.69) is 5.32 Å². The number of rotatable bonds is 5. The number of hydrogen-bond donors (Lipinski definition) is 1. The standard InChI is InChI=1S/C10H13F2NS/c1-14-7-3-6-13-9-5-2-4-8(11)10(9)12/h2,4-5,13H,3,6-7H2,1H3. The Morgan fingerprint density at radius 1 is 1.36 bits per heavy atom. The van der Waals surface area contributed by atoms with Crippen LogP contribution in [0.5, 0.6) is 0 Å². The lowest BCUT2D eigenvalue weighted by Gasteiger charge is -2.06. The van der Waals surface area contributed by atoms with Crippen molar-refractivity contribution in [1.82, 2.24) is 0 Å². The Labute approximate surface area is 86.9 Å². The summed E-state index contributed by atoms with van der Waals surface area (Å²) in [5, 5.41) is 2.86. The van der Waals surface area contributed by atoms with Crippen LogP contribution in [0.3, 0.4) is 0 Å². The van der Waals surface area contributed by atoms with Crippen molar-refractivity contribution in [1.29, 1.82) is 0 Å². The molecule has 0 fully saturated rings. The van der Waals surface area contributed by atoms with E-state index in [1.807, 2.05) is 6.26 Å². The van der Waals surface area contributed by atoms with E-state index in [1.54, 1.807) is 11.8 Å². The van der Waals surface area contributed by atoms with Gasteiger partial charge in [-0.05, 0) is 30.6 Å². The normalized spacial score (nSPS) is 10.2. The van der Waals surface area contributed by atoms with E-state index >= 15 is 0 Å². The van der Waals surface area contributed by atoms with Gasteiger partial charge < -0.3 is 5.32 Å². The third-order valence-corrected chi connectivity index (χ3v) is 2.49. The maximum absolute atomic E-state index is 13.1. The van der Waals surface area contributed by atoms with Crippen LogP contribution in [0.1, 0.15) is 6.42 Å². The van der Waals surface area contributed by atoms with E-state index < -0.39 is 11.6 Å². The van der Waals surface area contributed by atoms with Gasteiger partial charge in [-0.2, -0.15) is 11.8 Å². The minimum atomic E-state index is -0.806. The van der Waals surface area contributed by atoms with Crippen LogP contribution >= 0.6 is 11.8 Å². The first-order valence-electron chi connectivity index (χ1n) is 4.42. The number of hydrogen-bond acceptors (Lipinski definition) is 2. The highest BCUT2D eigenvalue weighted by Crippen LogP contribution is 2.16. The molecule has 14 heavy (non-hydrogen) atoms. The minimum Gasteiger partial charge on any atom is -0.383 e. The number of benzene rings is 1. The maximum Gasteiger partial charge on any atom is 0.181 e. The van der Waals surface area contributed by atoms with Gasteiger partial charge in [-0.1, -0.05) is 6.07 Å². The molecular formula is C10H13F2NS. The number of anilines is 1. The number of thioether (sulfide) groups is 1. The van der Waals surface area contributed by atoms with Crippen molar-refractivity contribution in [2.45, 2.75) is 6.42 Å². The molecule has 0 aliphatic rings. The lowest BCUT2D eigenvalue weighted by molar-refractivity contribution is 0.511. The van der Waals surface area contributed by atoms with Crippen molar-refractivity contribution >= 4 is 17.4 Å². The summed E-state index contributed by atoms with van der Waals surface area (Å²) in [6, 6.07) is 4.15. The molecule has 1 aromatic rings. The number of halogens is 2. The third kappa shape index (κ3) is 3.18. The zero-order chi connectivity index (χ0) is 10.4.